The van der Waals surface area contributed by atoms with Crippen LogP contribution in [0.1, 0.15) is 18.4 Å². The summed E-state index contributed by atoms with van der Waals surface area (Å²) in [6.45, 7) is 0.701. The van der Waals surface area contributed by atoms with E-state index >= 15 is 0 Å². The average Bonchev–Trinajstić information content (AvgIpc) is 3.09. The molecule has 0 saturated heterocycles. The molecule has 0 amide bonds. The molecule has 2 nitrogen and oxygen atoms in total. The van der Waals surface area contributed by atoms with E-state index in [9.17, 15) is 0 Å². The van der Waals surface area contributed by atoms with E-state index in [1.807, 2.05) is 12.1 Å². The zero-order valence-electron chi connectivity index (χ0n) is 9.58. The molecule has 0 bridgehead atoms. The second-order valence-corrected chi connectivity index (χ2v) is 4.92. The molecule has 0 N–H and O–H groups in total. The Morgan fingerprint density at radius 1 is 1.29 bits per heavy atom. The zero-order chi connectivity index (χ0) is 12.3. The van der Waals surface area contributed by atoms with Crippen molar-refractivity contribution in [3.8, 4) is 5.75 Å². The van der Waals surface area contributed by atoms with Gasteiger partial charge in [-0.25, -0.2) is 0 Å². The Hall–Kier alpha value is -0.860. The molecule has 92 valence electrons. The van der Waals surface area contributed by atoms with Crippen molar-refractivity contribution in [2.24, 2.45) is 5.92 Å². The van der Waals surface area contributed by atoms with Crippen molar-refractivity contribution in [1.82, 2.24) is 0 Å². The summed E-state index contributed by atoms with van der Waals surface area (Å²) < 4.78 is 10.5. The fourth-order valence-electron chi connectivity index (χ4n) is 1.45. The molecular weight excluding hydrogens is 259 g/mol. The number of methoxy groups -OCH3 is 1. The van der Waals surface area contributed by atoms with Gasteiger partial charge in [0.2, 0.25) is 0 Å². The lowest BCUT2D eigenvalue weighted by Crippen LogP contribution is -2.00. The minimum absolute atomic E-state index is 0.536. The maximum Gasteiger partial charge on any atom is 0.156 e. The van der Waals surface area contributed by atoms with Gasteiger partial charge in [-0.1, -0.05) is 23.2 Å². The van der Waals surface area contributed by atoms with Crippen LogP contribution in [0.5, 0.6) is 5.75 Å². The summed E-state index contributed by atoms with van der Waals surface area (Å²) in [5.41, 5.74) is 0.889. The molecule has 0 aromatic heterocycles. The van der Waals surface area contributed by atoms with Gasteiger partial charge in [0, 0.05) is 0 Å². The maximum atomic E-state index is 6.13. The molecule has 0 heterocycles. The monoisotopic (exact) mass is 272 g/mol. The Kier molecular flexibility index (Phi) is 4.19. The SMILES string of the molecule is CO/C=C/c1cc(Cl)c(OCC2CC2)c(Cl)c1. The molecule has 1 fully saturated rings. The van der Waals surface area contributed by atoms with Crippen LogP contribution in [-0.4, -0.2) is 13.7 Å². The first-order chi connectivity index (χ1) is 8.20. The summed E-state index contributed by atoms with van der Waals surface area (Å²) in [4.78, 5) is 0. The van der Waals surface area contributed by atoms with Crippen LogP contribution in [0, 0.1) is 5.92 Å². The highest BCUT2D eigenvalue weighted by molar-refractivity contribution is 6.37. The molecular formula is C13H14Cl2O2. The van der Waals surface area contributed by atoms with Crippen LogP contribution >= 0.6 is 23.2 Å². The molecule has 4 heteroatoms. The van der Waals surface area contributed by atoms with Gasteiger partial charge in [0.25, 0.3) is 0 Å². The fourth-order valence-corrected chi connectivity index (χ4v) is 2.06. The van der Waals surface area contributed by atoms with Crippen molar-refractivity contribution >= 4 is 29.3 Å². The molecule has 0 spiro atoms. The zero-order valence-corrected chi connectivity index (χ0v) is 11.1. The number of hydrogen-bond donors (Lipinski definition) is 0. The quantitative estimate of drug-likeness (QED) is 0.740. The average molecular weight is 273 g/mol. The highest BCUT2D eigenvalue weighted by Crippen LogP contribution is 2.37. The van der Waals surface area contributed by atoms with Crippen molar-refractivity contribution in [2.45, 2.75) is 12.8 Å². The number of hydrogen-bond acceptors (Lipinski definition) is 2. The van der Waals surface area contributed by atoms with E-state index in [2.05, 4.69) is 0 Å². The van der Waals surface area contributed by atoms with Gasteiger partial charge in [-0.05, 0) is 42.5 Å². The van der Waals surface area contributed by atoms with Crippen LogP contribution in [0.2, 0.25) is 10.0 Å². The summed E-state index contributed by atoms with van der Waals surface area (Å²) in [7, 11) is 1.59. The van der Waals surface area contributed by atoms with Crippen LogP contribution in [0.3, 0.4) is 0 Å². The Morgan fingerprint density at radius 3 is 2.47 bits per heavy atom. The first kappa shape index (κ1) is 12.6. The maximum absolute atomic E-state index is 6.13. The molecule has 0 unspecified atom stereocenters. The van der Waals surface area contributed by atoms with E-state index in [0.717, 1.165) is 5.56 Å². The van der Waals surface area contributed by atoms with Crippen molar-refractivity contribution in [3.63, 3.8) is 0 Å². The number of halogens is 2. The minimum Gasteiger partial charge on any atom is -0.504 e. The van der Waals surface area contributed by atoms with Crippen LogP contribution < -0.4 is 4.74 Å². The summed E-state index contributed by atoms with van der Waals surface area (Å²) >= 11 is 12.3. The molecule has 1 aliphatic carbocycles. The van der Waals surface area contributed by atoms with Crippen molar-refractivity contribution in [2.75, 3.05) is 13.7 Å². The lowest BCUT2D eigenvalue weighted by molar-refractivity contribution is 0.300. The van der Waals surface area contributed by atoms with Gasteiger partial charge in [-0.15, -0.1) is 0 Å². The lowest BCUT2D eigenvalue weighted by Gasteiger charge is -2.10. The Balaban J connectivity index is 2.12. The van der Waals surface area contributed by atoms with Crippen LogP contribution in [0.4, 0.5) is 0 Å². The van der Waals surface area contributed by atoms with Crippen molar-refractivity contribution < 1.29 is 9.47 Å². The van der Waals surface area contributed by atoms with Crippen molar-refractivity contribution in [3.05, 3.63) is 34.0 Å². The fraction of sp³-hybridized carbons (Fsp3) is 0.385. The van der Waals surface area contributed by atoms with Gasteiger partial charge in [-0.3, -0.25) is 0 Å². The first-order valence-corrected chi connectivity index (χ1v) is 6.27. The number of benzene rings is 1. The molecule has 2 rings (SSSR count). The molecule has 1 aliphatic rings. The van der Waals surface area contributed by atoms with Crippen molar-refractivity contribution in [1.29, 1.82) is 0 Å². The smallest absolute Gasteiger partial charge is 0.156 e. The Bertz CT molecular complexity index is 402. The minimum atomic E-state index is 0.536. The molecule has 1 saturated carbocycles. The van der Waals surface area contributed by atoms with E-state index in [0.29, 0.717) is 28.3 Å². The van der Waals surface area contributed by atoms with E-state index < -0.39 is 0 Å². The van der Waals surface area contributed by atoms with Gasteiger partial charge < -0.3 is 9.47 Å². The Morgan fingerprint density at radius 2 is 1.94 bits per heavy atom. The van der Waals surface area contributed by atoms with E-state index in [4.69, 9.17) is 32.7 Å². The second kappa shape index (κ2) is 5.65. The third-order valence-corrected chi connectivity index (χ3v) is 3.14. The van der Waals surface area contributed by atoms with Crippen LogP contribution in [0.15, 0.2) is 18.4 Å². The predicted molar refractivity (Wildman–Crippen MR) is 70.7 cm³/mol. The largest absolute Gasteiger partial charge is 0.504 e. The lowest BCUT2D eigenvalue weighted by atomic mass is 10.2. The summed E-state index contributed by atoms with van der Waals surface area (Å²) in [6.07, 6.45) is 5.85. The Labute approximate surface area is 111 Å². The van der Waals surface area contributed by atoms with Gasteiger partial charge in [0.15, 0.2) is 5.75 Å². The second-order valence-electron chi connectivity index (χ2n) is 4.11. The summed E-state index contributed by atoms with van der Waals surface area (Å²) in [5.74, 6) is 1.25. The highest BCUT2D eigenvalue weighted by Gasteiger charge is 2.23. The normalized spacial score (nSPS) is 15.2. The van der Waals surface area contributed by atoms with E-state index in [-0.39, 0.29) is 0 Å². The first-order valence-electron chi connectivity index (χ1n) is 5.52. The van der Waals surface area contributed by atoms with Gasteiger partial charge in [0.05, 0.1) is 30.0 Å². The van der Waals surface area contributed by atoms with E-state index in [1.54, 1.807) is 19.4 Å². The van der Waals surface area contributed by atoms with E-state index in [1.165, 1.54) is 12.8 Å². The van der Waals surface area contributed by atoms with Gasteiger partial charge >= 0.3 is 0 Å². The third-order valence-electron chi connectivity index (χ3n) is 2.58. The molecule has 1 aromatic carbocycles. The predicted octanol–water partition coefficient (Wildman–Crippen LogP) is 4.40. The molecule has 0 radical (unpaired) electrons. The third kappa shape index (κ3) is 3.55. The summed E-state index contributed by atoms with van der Waals surface area (Å²) in [5, 5.41) is 1.07. The van der Waals surface area contributed by atoms with Crippen LogP contribution in [-0.2, 0) is 4.74 Å². The molecule has 17 heavy (non-hydrogen) atoms. The van der Waals surface area contributed by atoms with Gasteiger partial charge in [0.1, 0.15) is 0 Å². The summed E-state index contributed by atoms with van der Waals surface area (Å²) in [6, 6.07) is 3.62. The number of rotatable bonds is 5. The van der Waals surface area contributed by atoms with Gasteiger partial charge in [-0.2, -0.15) is 0 Å². The molecule has 0 atom stereocenters. The number of ether oxygens (including phenoxy) is 2. The highest BCUT2D eigenvalue weighted by atomic mass is 35.5. The molecule has 0 aliphatic heterocycles. The topological polar surface area (TPSA) is 18.5 Å². The standard InChI is InChI=1S/C13H14Cl2O2/c1-16-5-4-10-6-11(14)13(12(15)7-10)17-8-9-2-3-9/h4-7,9H,2-3,8H2,1H3/b5-4+. The van der Waals surface area contributed by atoms with Crippen LogP contribution in [0.25, 0.3) is 6.08 Å². The molecule has 1 aromatic rings.